The molecule has 0 fully saturated rings. The lowest BCUT2D eigenvalue weighted by Crippen LogP contribution is -2.38. The highest BCUT2D eigenvalue weighted by molar-refractivity contribution is 6.13. The molecule has 0 aromatic heterocycles. The molecule has 0 saturated carbocycles. The van der Waals surface area contributed by atoms with E-state index >= 15 is 0 Å². The maximum absolute atomic E-state index is 9.56. The monoisotopic (exact) mass is 372 g/mol. The SMILES string of the molecule is COCCC(C)(C)OCCC(C)(C)OCCNCCN1C(=[OH+])C=CC1=[OH+]. The van der Waals surface area contributed by atoms with Crippen LogP contribution in [-0.4, -0.2) is 84.1 Å². The smallest absolute Gasteiger partial charge is 0.385 e. The summed E-state index contributed by atoms with van der Waals surface area (Å²) in [7, 11) is 1.70. The Labute approximate surface area is 157 Å². The molecule has 1 aliphatic rings. The van der Waals surface area contributed by atoms with Gasteiger partial charge in [-0.25, -0.2) is 0 Å². The van der Waals surface area contributed by atoms with Crippen molar-refractivity contribution in [1.29, 1.82) is 0 Å². The molecule has 0 spiro atoms. The van der Waals surface area contributed by atoms with Crippen molar-refractivity contribution >= 4 is 11.8 Å². The van der Waals surface area contributed by atoms with E-state index < -0.39 is 0 Å². The summed E-state index contributed by atoms with van der Waals surface area (Å²) in [5.41, 5.74) is -0.445. The number of hydrogen-bond donors (Lipinski definition) is 1. The fraction of sp³-hybridized carbons (Fsp3) is 0.789. The standard InChI is InChI=1S/C19H34N2O5/c1-18(2,8-13-24-5)25-14-9-19(3,4)26-15-11-20-10-12-21-16(22)6-7-17(21)23/h6-7,20H,8-15H2,1-5H3/p+2. The van der Waals surface area contributed by atoms with Crippen LogP contribution in [0.4, 0.5) is 0 Å². The van der Waals surface area contributed by atoms with Gasteiger partial charge in [0.2, 0.25) is 0 Å². The zero-order chi connectivity index (χ0) is 19.6. The van der Waals surface area contributed by atoms with Crippen molar-refractivity contribution in [3.63, 3.8) is 0 Å². The minimum atomic E-state index is -0.254. The maximum atomic E-state index is 9.56. The maximum Gasteiger partial charge on any atom is 0.428 e. The van der Waals surface area contributed by atoms with Crippen molar-refractivity contribution in [2.75, 3.05) is 46.6 Å². The van der Waals surface area contributed by atoms with E-state index in [1.807, 2.05) is 0 Å². The Kier molecular flexibility index (Phi) is 9.43. The quantitative estimate of drug-likeness (QED) is 0.284. The normalized spacial score (nSPS) is 15.3. The first-order valence-corrected chi connectivity index (χ1v) is 9.22. The van der Waals surface area contributed by atoms with Crippen LogP contribution in [-0.2, 0) is 14.2 Å². The number of hydrogen-bond acceptors (Lipinski definition) is 4. The van der Waals surface area contributed by atoms with Gasteiger partial charge in [-0.15, -0.1) is 0 Å². The van der Waals surface area contributed by atoms with Crippen molar-refractivity contribution in [2.24, 2.45) is 0 Å². The third-order valence-corrected chi connectivity index (χ3v) is 4.32. The van der Waals surface area contributed by atoms with Crippen LogP contribution in [0.5, 0.6) is 0 Å². The summed E-state index contributed by atoms with van der Waals surface area (Å²) < 4.78 is 17.0. The lowest BCUT2D eigenvalue weighted by molar-refractivity contribution is -0.0781. The minimum Gasteiger partial charge on any atom is -0.385 e. The zero-order valence-electron chi connectivity index (χ0n) is 16.9. The number of amides is 2. The Morgan fingerprint density at radius 1 is 0.885 bits per heavy atom. The van der Waals surface area contributed by atoms with Crippen LogP contribution >= 0.6 is 0 Å². The number of methoxy groups -OCH3 is 1. The Balaban J connectivity index is 2.09. The molecule has 0 radical (unpaired) electrons. The van der Waals surface area contributed by atoms with E-state index in [0.717, 1.165) is 12.8 Å². The average Bonchev–Trinajstić information content (AvgIpc) is 2.87. The van der Waals surface area contributed by atoms with E-state index in [1.54, 1.807) is 7.11 Å². The fourth-order valence-electron chi connectivity index (χ4n) is 2.46. The molecule has 2 amide bonds. The summed E-state index contributed by atoms with van der Waals surface area (Å²) in [5, 5.41) is 3.24. The molecular formula is C19H36N2O5+2. The topological polar surface area (TPSA) is 85.8 Å². The van der Waals surface area contributed by atoms with Crippen LogP contribution in [0.25, 0.3) is 0 Å². The molecule has 0 saturated heterocycles. The summed E-state index contributed by atoms with van der Waals surface area (Å²) in [4.78, 5) is 20.6. The van der Waals surface area contributed by atoms with E-state index in [2.05, 4.69) is 33.0 Å². The first kappa shape index (κ1) is 22.8. The van der Waals surface area contributed by atoms with Gasteiger partial charge in [-0.2, -0.15) is 4.90 Å². The lowest BCUT2D eigenvalue weighted by Gasteiger charge is -2.29. The van der Waals surface area contributed by atoms with Crippen LogP contribution in [0.3, 0.4) is 0 Å². The third-order valence-electron chi connectivity index (χ3n) is 4.32. The van der Waals surface area contributed by atoms with E-state index in [-0.39, 0.29) is 23.0 Å². The van der Waals surface area contributed by atoms with Gasteiger partial charge in [0.15, 0.2) is 0 Å². The Hall–Kier alpha value is -1.28. The van der Waals surface area contributed by atoms with Gasteiger partial charge >= 0.3 is 11.8 Å². The van der Waals surface area contributed by atoms with Crippen LogP contribution in [0.15, 0.2) is 12.2 Å². The second-order valence-corrected chi connectivity index (χ2v) is 7.66. The van der Waals surface area contributed by atoms with E-state index in [4.69, 9.17) is 14.2 Å². The van der Waals surface area contributed by atoms with Crippen molar-refractivity contribution in [3.05, 3.63) is 12.2 Å². The lowest BCUT2D eigenvalue weighted by atomic mass is 10.0. The van der Waals surface area contributed by atoms with Crippen molar-refractivity contribution in [2.45, 2.75) is 51.7 Å². The van der Waals surface area contributed by atoms with E-state index in [1.165, 1.54) is 17.1 Å². The molecule has 1 heterocycles. The summed E-state index contributed by atoms with van der Waals surface area (Å²) in [6, 6.07) is 0. The van der Waals surface area contributed by atoms with Gasteiger partial charge < -0.3 is 19.5 Å². The zero-order valence-corrected chi connectivity index (χ0v) is 16.9. The Morgan fingerprint density at radius 2 is 1.42 bits per heavy atom. The van der Waals surface area contributed by atoms with Gasteiger partial charge in [0.25, 0.3) is 0 Å². The molecule has 7 heteroatoms. The number of nitrogens with zero attached hydrogens (tertiary/aromatic N) is 1. The molecule has 150 valence electrons. The molecule has 1 rings (SSSR count). The number of imide groups is 1. The van der Waals surface area contributed by atoms with Gasteiger partial charge in [0.1, 0.15) is 0 Å². The predicted octanol–water partition coefficient (Wildman–Crippen LogP) is 1.47. The van der Waals surface area contributed by atoms with Crippen molar-refractivity contribution in [3.8, 4) is 0 Å². The Bertz CT molecular complexity index is 470. The number of rotatable bonds is 14. The van der Waals surface area contributed by atoms with E-state index in [9.17, 15) is 9.59 Å². The third kappa shape index (κ3) is 8.89. The first-order valence-electron chi connectivity index (χ1n) is 9.22. The largest absolute Gasteiger partial charge is 0.428 e. The molecule has 1 aliphatic heterocycles. The molecule has 26 heavy (non-hydrogen) atoms. The summed E-state index contributed by atoms with van der Waals surface area (Å²) >= 11 is 0. The molecule has 0 unspecified atom stereocenters. The van der Waals surface area contributed by atoms with Crippen LogP contribution in [0, 0.1) is 0 Å². The Morgan fingerprint density at radius 3 is 2.00 bits per heavy atom. The summed E-state index contributed by atoms with van der Waals surface area (Å²) in [6.07, 6.45) is 4.62. The highest BCUT2D eigenvalue weighted by Crippen LogP contribution is 2.19. The average molecular weight is 373 g/mol. The number of carbonyl (C=O) groups excluding carboxylic acids is 2. The summed E-state index contributed by atoms with van der Waals surface area (Å²) in [6.45, 7) is 12.0. The first-order chi connectivity index (χ1) is 12.2. The second-order valence-electron chi connectivity index (χ2n) is 7.66. The van der Waals surface area contributed by atoms with Gasteiger partial charge in [0.05, 0.1) is 43.1 Å². The van der Waals surface area contributed by atoms with Gasteiger partial charge in [-0.3, -0.25) is 9.59 Å². The van der Waals surface area contributed by atoms with Gasteiger partial charge in [-0.1, -0.05) is 0 Å². The molecule has 0 atom stereocenters. The number of nitrogens with one attached hydrogen (secondary N) is 1. The van der Waals surface area contributed by atoms with Crippen LogP contribution in [0.2, 0.25) is 0 Å². The second kappa shape index (κ2) is 10.8. The van der Waals surface area contributed by atoms with E-state index in [0.29, 0.717) is 39.5 Å². The number of ether oxygens (including phenoxy) is 3. The van der Waals surface area contributed by atoms with Crippen molar-refractivity contribution in [1.82, 2.24) is 10.2 Å². The molecule has 0 bridgehead atoms. The fourth-order valence-corrected chi connectivity index (χ4v) is 2.46. The van der Waals surface area contributed by atoms with Crippen molar-refractivity contribution < 1.29 is 23.8 Å². The molecule has 0 aromatic carbocycles. The molecule has 3 N–H and O–H groups in total. The highest BCUT2D eigenvalue weighted by Gasteiger charge is 2.32. The molecular weight excluding hydrogens is 336 g/mol. The van der Waals surface area contributed by atoms with Crippen LogP contribution < -0.4 is 5.32 Å². The molecule has 7 nitrogen and oxygen atoms in total. The highest BCUT2D eigenvalue weighted by atomic mass is 16.5. The van der Waals surface area contributed by atoms with Crippen LogP contribution in [0.1, 0.15) is 40.5 Å². The summed E-state index contributed by atoms with van der Waals surface area (Å²) in [5.74, 6) is 0.130. The van der Waals surface area contributed by atoms with Gasteiger partial charge in [-0.05, 0) is 40.5 Å². The molecule has 0 aromatic rings. The molecule has 0 aliphatic carbocycles. The minimum absolute atomic E-state index is 0.0649. The predicted molar refractivity (Wildman–Crippen MR) is 104 cm³/mol. The van der Waals surface area contributed by atoms with Gasteiger partial charge in [0, 0.05) is 26.8 Å².